The fraction of sp³-hybridized carbons (Fsp3) is 0.611. The van der Waals surface area contributed by atoms with E-state index < -0.39 is 10.0 Å². The summed E-state index contributed by atoms with van der Waals surface area (Å²) in [5, 5.41) is 3.17. The number of nitrogens with zero attached hydrogens (tertiary/aromatic N) is 1. The number of benzene rings is 1. The molecule has 1 heterocycles. The third kappa shape index (κ3) is 5.11. The average Bonchev–Trinajstić information content (AvgIpc) is 2.59. The molecule has 1 fully saturated rings. The van der Waals surface area contributed by atoms with Crippen LogP contribution in [-0.2, 0) is 14.8 Å². The Bertz CT molecular complexity index is 759. The first-order chi connectivity index (χ1) is 12.0. The van der Waals surface area contributed by atoms with Gasteiger partial charge in [0.1, 0.15) is 5.75 Å². The number of sulfonamides is 1. The number of rotatable bonds is 5. The SMILES string of the molecule is COc1ccc(S(=O)(=O)N2CCCC(C(=O)NCC(C)(C)C)C2)cc1Cl. The summed E-state index contributed by atoms with van der Waals surface area (Å²) in [4.78, 5) is 12.5. The van der Waals surface area contributed by atoms with Crippen molar-refractivity contribution in [3.05, 3.63) is 23.2 Å². The largest absolute Gasteiger partial charge is 0.495 e. The summed E-state index contributed by atoms with van der Waals surface area (Å²) in [7, 11) is -2.23. The minimum Gasteiger partial charge on any atom is -0.495 e. The summed E-state index contributed by atoms with van der Waals surface area (Å²) in [5.74, 6) is -0.00845. The third-order valence-electron chi connectivity index (χ3n) is 4.31. The van der Waals surface area contributed by atoms with Gasteiger partial charge in [-0.2, -0.15) is 4.31 Å². The Morgan fingerprint density at radius 3 is 2.65 bits per heavy atom. The fourth-order valence-electron chi connectivity index (χ4n) is 2.83. The molecule has 0 spiro atoms. The van der Waals surface area contributed by atoms with Gasteiger partial charge in [-0.3, -0.25) is 4.79 Å². The van der Waals surface area contributed by atoms with Crippen LogP contribution >= 0.6 is 11.6 Å². The van der Waals surface area contributed by atoms with E-state index in [1.54, 1.807) is 0 Å². The Labute approximate surface area is 160 Å². The van der Waals surface area contributed by atoms with Crippen molar-refractivity contribution in [2.45, 2.75) is 38.5 Å². The molecule has 6 nitrogen and oxygen atoms in total. The van der Waals surface area contributed by atoms with Crippen LogP contribution in [0, 0.1) is 11.3 Å². The summed E-state index contributed by atoms with van der Waals surface area (Å²) in [5.41, 5.74) is -0.0179. The van der Waals surface area contributed by atoms with Gasteiger partial charge in [0.15, 0.2) is 0 Å². The molecule has 1 aliphatic heterocycles. The van der Waals surface area contributed by atoms with Crippen LogP contribution in [-0.4, -0.2) is 45.4 Å². The van der Waals surface area contributed by atoms with Gasteiger partial charge < -0.3 is 10.1 Å². The van der Waals surface area contributed by atoms with Crippen molar-refractivity contribution in [1.82, 2.24) is 9.62 Å². The molecular formula is C18H27ClN2O4S. The maximum Gasteiger partial charge on any atom is 0.243 e. The zero-order valence-electron chi connectivity index (χ0n) is 15.7. The second kappa shape index (κ2) is 8.15. The molecule has 1 aromatic rings. The lowest BCUT2D eigenvalue weighted by molar-refractivity contribution is -0.126. The van der Waals surface area contributed by atoms with Crippen LogP contribution in [0.5, 0.6) is 5.75 Å². The molecule has 0 bridgehead atoms. The molecule has 0 saturated carbocycles. The first kappa shape index (κ1) is 21.0. The van der Waals surface area contributed by atoms with Crippen LogP contribution in [0.15, 0.2) is 23.1 Å². The highest BCUT2D eigenvalue weighted by molar-refractivity contribution is 7.89. The molecule has 0 radical (unpaired) electrons. The van der Waals surface area contributed by atoms with Crippen molar-refractivity contribution < 1.29 is 17.9 Å². The van der Waals surface area contributed by atoms with E-state index in [0.29, 0.717) is 31.7 Å². The van der Waals surface area contributed by atoms with Crippen molar-refractivity contribution in [3.8, 4) is 5.75 Å². The number of methoxy groups -OCH3 is 1. The van der Waals surface area contributed by atoms with Crippen molar-refractivity contribution >= 4 is 27.5 Å². The number of piperidine rings is 1. The lowest BCUT2D eigenvalue weighted by atomic mass is 9.95. The van der Waals surface area contributed by atoms with Gasteiger partial charge in [0.05, 0.1) is 22.9 Å². The number of nitrogens with one attached hydrogen (secondary N) is 1. The molecule has 8 heteroatoms. The van der Waals surface area contributed by atoms with E-state index in [1.807, 2.05) is 20.8 Å². The van der Waals surface area contributed by atoms with Gasteiger partial charge in [-0.25, -0.2) is 8.42 Å². The number of hydrogen-bond donors (Lipinski definition) is 1. The molecule has 1 N–H and O–H groups in total. The highest BCUT2D eigenvalue weighted by atomic mass is 35.5. The van der Waals surface area contributed by atoms with Crippen LogP contribution < -0.4 is 10.1 Å². The summed E-state index contributed by atoms with van der Waals surface area (Å²) in [6.07, 6.45) is 1.34. The topological polar surface area (TPSA) is 75.7 Å². The molecule has 1 atom stereocenters. The molecule has 1 saturated heterocycles. The highest BCUT2D eigenvalue weighted by Crippen LogP contribution is 2.30. The van der Waals surface area contributed by atoms with Gasteiger partial charge >= 0.3 is 0 Å². The monoisotopic (exact) mass is 402 g/mol. The van der Waals surface area contributed by atoms with Crippen molar-refractivity contribution in [2.24, 2.45) is 11.3 Å². The van der Waals surface area contributed by atoms with E-state index in [-0.39, 0.29) is 33.7 Å². The summed E-state index contributed by atoms with van der Waals surface area (Å²) in [6, 6.07) is 4.40. The van der Waals surface area contributed by atoms with Crippen LogP contribution in [0.3, 0.4) is 0 Å². The Kier molecular flexibility index (Phi) is 6.58. The summed E-state index contributed by atoms with van der Waals surface area (Å²) >= 11 is 6.07. The fourth-order valence-corrected chi connectivity index (χ4v) is 4.70. The smallest absolute Gasteiger partial charge is 0.243 e. The molecule has 0 aliphatic carbocycles. The summed E-state index contributed by atoms with van der Waals surface area (Å²) < 4.78 is 32.3. The van der Waals surface area contributed by atoms with E-state index in [9.17, 15) is 13.2 Å². The lowest BCUT2D eigenvalue weighted by Crippen LogP contribution is -2.46. The molecule has 146 valence electrons. The van der Waals surface area contributed by atoms with E-state index in [0.717, 1.165) is 0 Å². The predicted molar refractivity (Wildman–Crippen MR) is 102 cm³/mol. The van der Waals surface area contributed by atoms with Gasteiger partial charge in [0.2, 0.25) is 15.9 Å². The standard InChI is InChI=1S/C18H27ClN2O4S/c1-18(2,3)12-20-17(22)13-6-5-9-21(11-13)26(23,24)14-7-8-16(25-4)15(19)10-14/h7-8,10,13H,5-6,9,11-12H2,1-4H3,(H,20,22). The molecule has 1 unspecified atom stereocenters. The average molecular weight is 403 g/mol. The quantitative estimate of drug-likeness (QED) is 0.821. The van der Waals surface area contributed by atoms with Crippen molar-refractivity contribution in [2.75, 3.05) is 26.7 Å². The molecule has 2 rings (SSSR count). The number of hydrogen-bond acceptors (Lipinski definition) is 4. The van der Waals surface area contributed by atoms with Crippen LogP contribution in [0.2, 0.25) is 5.02 Å². The number of amides is 1. The van der Waals surface area contributed by atoms with Gasteiger partial charge in [-0.15, -0.1) is 0 Å². The summed E-state index contributed by atoms with van der Waals surface area (Å²) in [6.45, 7) is 7.26. The molecule has 1 aliphatic rings. The van der Waals surface area contributed by atoms with Crippen LogP contribution in [0.1, 0.15) is 33.6 Å². The third-order valence-corrected chi connectivity index (χ3v) is 6.47. The van der Waals surface area contributed by atoms with Gasteiger partial charge in [0.25, 0.3) is 0 Å². The number of carbonyl (C=O) groups excluding carboxylic acids is 1. The Balaban J connectivity index is 2.12. The Hall–Kier alpha value is -1.31. The van der Waals surface area contributed by atoms with Gasteiger partial charge in [-0.1, -0.05) is 32.4 Å². The van der Waals surface area contributed by atoms with E-state index in [4.69, 9.17) is 16.3 Å². The first-order valence-electron chi connectivity index (χ1n) is 8.66. The maximum absolute atomic E-state index is 12.9. The zero-order valence-corrected chi connectivity index (χ0v) is 17.3. The maximum atomic E-state index is 12.9. The molecule has 0 aromatic heterocycles. The van der Waals surface area contributed by atoms with Gasteiger partial charge in [0, 0.05) is 19.6 Å². The minimum atomic E-state index is -3.71. The van der Waals surface area contributed by atoms with Crippen molar-refractivity contribution in [1.29, 1.82) is 0 Å². The lowest BCUT2D eigenvalue weighted by Gasteiger charge is -2.32. The number of halogens is 1. The first-order valence-corrected chi connectivity index (χ1v) is 10.5. The second-order valence-electron chi connectivity index (χ2n) is 7.78. The predicted octanol–water partition coefficient (Wildman–Crippen LogP) is 2.91. The van der Waals surface area contributed by atoms with Crippen molar-refractivity contribution in [3.63, 3.8) is 0 Å². The Morgan fingerprint density at radius 1 is 1.38 bits per heavy atom. The molecule has 1 aromatic carbocycles. The minimum absolute atomic E-state index is 0.0179. The van der Waals surface area contributed by atoms with E-state index in [1.165, 1.54) is 29.6 Å². The second-order valence-corrected chi connectivity index (χ2v) is 10.1. The number of ether oxygens (including phenoxy) is 1. The molecule has 26 heavy (non-hydrogen) atoms. The van der Waals surface area contributed by atoms with E-state index >= 15 is 0 Å². The molecular weight excluding hydrogens is 376 g/mol. The zero-order chi connectivity index (χ0) is 19.5. The Morgan fingerprint density at radius 2 is 2.08 bits per heavy atom. The highest BCUT2D eigenvalue weighted by Gasteiger charge is 2.33. The molecule has 1 amide bonds. The van der Waals surface area contributed by atoms with E-state index in [2.05, 4.69) is 5.32 Å². The van der Waals surface area contributed by atoms with Crippen LogP contribution in [0.25, 0.3) is 0 Å². The van der Waals surface area contributed by atoms with Gasteiger partial charge in [-0.05, 0) is 36.5 Å². The normalized spacial score (nSPS) is 19.2. The van der Waals surface area contributed by atoms with Crippen LogP contribution in [0.4, 0.5) is 0 Å². The number of carbonyl (C=O) groups is 1.